The lowest BCUT2D eigenvalue weighted by Gasteiger charge is -2.20. The molecule has 2 aromatic carbocycles. The average molecular weight is 387 g/mol. The maximum absolute atomic E-state index is 12.0. The fraction of sp³-hybridized carbons (Fsp3) is 0.333. The van der Waals surface area contributed by atoms with Gasteiger partial charge in [-0.2, -0.15) is 15.4 Å². The van der Waals surface area contributed by atoms with E-state index in [0.717, 1.165) is 48.8 Å². The van der Waals surface area contributed by atoms with Crippen molar-refractivity contribution in [1.29, 1.82) is 0 Å². The summed E-state index contributed by atoms with van der Waals surface area (Å²) in [5.74, 6) is 0.601. The minimum absolute atomic E-state index is 0.108. The van der Waals surface area contributed by atoms with E-state index in [-0.39, 0.29) is 11.7 Å². The Hall–Kier alpha value is -3.08. The minimum atomic E-state index is -0.108. The number of rotatable bonds is 6. The van der Waals surface area contributed by atoms with E-state index >= 15 is 0 Å². The number of aromatic amines is 1. The van der Waals surface area contributed by atoms with Gasteiger partial charge in [0.2, 0.25) is 0 Å². The van der Waals surface area contributed by atoms with Gasteiger partial charge in [0.25, 0.3) is 0 Å². The zero-order valence-corrected chi connectivity index (χ0v) is 16.6. The lowest BCUT2D eigenvalue weighted by Crippen LogP contribution is -2.19. The van der Waals surface area contributed by atoms with Gasteiger partial charge in [-0.3, -0.25) is 9.59 Å². The van der Waals surface area contributed by atoms with E-state index in [2.05, 4.69) is 39.7 Å². The van der Waals surface area contributed by atoms with Gasteiger partial charge in [-0.05, 0) is 42.4 Å². The van der Waals surface area contributed by atoms with Gasteiger partial charge in [-0.15, -0.1) is 0 Å². The fourth-order valence-corrected chi connectivity index (χ4v) is 4.06. The number of aryl methyl sites for hydroxylation is 1. The summed E-state index contributed by atoms with van der Waals surface area (Å²) in [6.07, 6.45) is 5.99. The predicted octanol–water partition coefficient (Wildman–Crippen LogP) is 5.03. The van der Waals surface area contributed by atoms with Crippen molar-refractivity contribution in [3.8, 4) is 22.4 Å². The number of nitrogens with one attached hydrogen (secondary N) is 1. The monoisotopic (exact) mass is 387 g/mol. The van der Waals surface area contributed by atoms with Crippen LogP contribution in [-0.4, -0.2) is 27.0 Å². The number of nitrogens with zero attached hydrogens (tertiary/aromatic N) is 2. The Bertz CT molecular complexity index is 1000. The molecular formula is C24H25N3O2. The van der Waals surface area contributed by atoms with Crippen LogP contribution in [0.4, 0.5) is 0 Å². The maximum atomic E-state index is 12.0. The molecule has 5 heteroatoms. The molecule has 1 N–H and O–H groups in total. The van der Waals surface area contributed by atoms with Crippen LogP contribution in [-0.2, 0) is 11.2 Å². The van der Waals surface area contributed by atoms with Crippen molar-refractivity contribution >= 4 is 11.6 Å². The van der Waals surface area contributed by atoms with Crippen molar-refractivity contribution in [3.05, 3.63) is 59.8 Å². The Morgan fingerprint density at radius 1 is 0.966 bits per heavy atom. The first kappa shape index (κ1) is 19.2. The Kier molecular flexibility index (Phi) is 5.65. The summed E-state index contributed by atoms with van der Waals surface area (Å²) < 4.78 is 0. The number of carbonyl (C=O) groups is 2. The Labute approximate surface area is 170 Å². The Balaban J connectivity index is 1.43. The van der Waals surface area contributed by atoms with Gasteiger partial charge in [-0.1, -0.05) is 55.0 Å². The van der Waals surface area contributed by atoms with Crippen LogP contribution < -0.4 is 0 Å². The molecule has 1 saturated carbocycles. The van der Waals surface area contributed by atoms with Crippen LogP contribution >= 0.6 is 0 Å². The number of ketones is 2. The van der Waals surface area contributed by atoms with E-state index in [9.17, 15) is 9.59 Å². The standard InChI is InChI=1S/C24H25N3O2/c1-16(28)23-24(26-27-25-23)21-14-12-19(13-15-21)18-9-6-17(7-10-18)8-11-20-4-2-3-5-22(20)29/h6-7,9-10,12-15,20H,2-5,8,11H2,1H3,(H,25,26,27). The molecule has 148 valence electrons. The highest BCUT2D eigenvalue weighted by atomic mass is 16.1. The molecule has 1 unspecified atom stereocenters. The fourth-order valence-electron chi connectivity index (χ4n) is 4.06. The van der Waals surface area contributed by atoms with Gasteiger partial charge in [0.1, 0.15) is 11.5 Å². The van der Waals surface area contributed by atoms with Crippen LogP contribution in [0.5, 0.6) is 0 Å². The smallest absolute Gasteiger partial charge is 0.182 e. The molecule has 0 bridgehead atoms. The number of benzene rings is 2. The van der Waals surface area contributed by atoms with E-state index in [1.54, 1.807) is 0 Å². The molecule has 3 aromatic rings. The van der Waals surface area contributed by atoms with Crippen molar-refractivity contribution in [1.82, 2.24) is 15.4 Å². The van der Waals surface area contributed by atoms with Crippen molar-refractivity contribution < 1.29 is 9.59 Å². The summed E-state index contributed by atoms with van der Waals surface area (Å²) in [6.45, 7) is 1.49. The SMILES string of the molecule is CC(=O)c1n[nH]nc1-c1ccc(-c2ccc(CCC3CCCCC3=O)cc2)cc1. The van der Waals surface area contributed by atoms with Gasteiger partial charge in [0.05, 0.1) is 0 Å². The van der Waals surface area contributed by atoms with Gasteiger partial charge in [0.15, 0.2) is 11.5 Å². The molecule has 1 aliphatic carbocycles. The van der Waals surface area contributed by atoms with Gasteiger partial charge < -0.3 is 0 Å². The maximum Gasteiger partial charge on any atom is 0.182 e. The summed E-state index contributed by atoms with van der Waals surface area (Å²) in [6, 6.07) is 16.6. The lowest BCUT2D eigenvalue weighted by atomic mass is 9.84. The van der Waals surface area contributed by atoms with E-state index in [1.165, 1.54) is 18.9 Å². The van der Waals surface area contributed by atoms with Gasteiger partial charge in [0, 0.05) is 24.8 Å². The third-order valence-electron chi connectivity index (χ3n) is 5.79. The zero-order chi connectivity index (χ0) is 20.2. The third-order valence-corrected chi connectivity index (χ3v) is 5.79. The Morgan fingerprint density at radius 2 is 1.62 bits per heavy atom. The number of carbonyl (C=O) groups excluding carboxylic acids is 2. The van der Waals surface area contributed by atoms with Crippen LogP contribution in [0.25, 0.3) is 22.4 Å². The van der Waals surface area contributed by atoms with Crippen molar-refractivity contribution in [2.45, 2.75) is 45.4 Å². The number of hydrogen-bond acceptors (Lipinski definition) is 4. The molecule has 5 nitrogen and oxygen atoms in total. The quantitative estimate of drug-likeness (QED) is 0.602. The Morgan fingerprint density at radius 3 is 2.28 bits per heavy atom. The summed E-state index contributed by atoms with van der Waals surface area (Å²) in [5.41, 5.74) is 5.32. The van der Waals surface area contributed by atoms with E-state index in [0.29, 0.717) is 17.2 Å². The van der Waals surface area contributed by atoms with E-state index < -0.39 is 0 Å². The lowest BCUT2D eigenvalue weighted by molar-refractivity contribution is -0.124. The number of Topliss-reactive ketones (excluding diaryl/α,β-unsaturated/α-hetero) is 2. The number of hydrogen-bond donors (Lipinski definition) is 1. The summed E-state index contributed by atoms with van der Waals surface area (Å²) >= 11 is 0. The zero-order valence-electron chi connectivity index (χ0n) is 16.6. The molecule has 1 fully saturated rings. The molecule has 1 atom stereocenters. The molecule has 0 aliphatic heterocycles. The molecular weight excluding hydrogens is 362 g/mol. The second-order valence-corrected chi connectivity index (χ2v) is 7.80. The number of H-pyrrole nitrogens is 1. The van der Waals surface area contributed by atoms with Crippen molar-refractivity contribution in [2.24, 2.45) is 5.92 Å². The summed E-state index contributed by atoms with van der Waals surface area (Å²) in [7, 11) is 0. The predicted molar refractivity (Wildman–Crippen MR) is 113 cm³/mol. The molecule has 0 amide bonds. The summed E-state index contributed by atoms with van der Waals surface area (Å²) in [4.78, 5) is 23.6. The molecule has 1 heterocycles. The normalized spacial score (nSPS) is 16.7. The molecule has 1 aromatic heterocycles. The second kappa shape index (κ2) is 8.52. The van der Waals surface area contributed by atoms with Gasteiger partial charge in [-0.25, -0.2) is 0 Å². The molecule has 0 saturated heterocycles. The minimum Gasteiger partial charge on any atom is -0.299 e. The van der Waals surface area contributed by atoms with Crippen molar-refractivity contribution in [3.63, 3.8) is 0 Å². The topological polar surface area (TPSA) is 75.7 Å². The molecule has 0 radical (unpaired) electrons. The van der Waals surface area contributed by atoms with Crippen LogP contribution in [0.1, 0.15) is 55.1 Å². The highest BCUT2D eigenvalue weighted by Gasteiger charge is 2.21. The molecule has 4 rings (SSSR count). The average Bonchev–Trinajstić information content (AvgIpc) is 3.24. The first-order valence-corrected chi connectivity index (χ1v) is 10.3. The molecule has 1 aliphatic rings. The van der Waals surface area contributed by atoms with Crippen LogP contribution in [0.2, 0.25) is 0 Å². The van der Waals surface area contributed by atoms with E-state index in [1.807, 2.05) is 24.3 Å². The first-order chi connectivity index (χ1) is 14.1. The number of aromatic nitrogens is 3. The van der Waals surface area contributed by atoms with Crippen molar-refractivity contribution in [2.75, 3.05) is 0 Å². The highest BCUT2D eigenvalue weighted by molar-refractivity contribution is 5.97. The molecule has 29 heavy (non-hydrogen) atoms. The van der Waals surface area contributed by atoms with Crippen LogP contribution in [0.15, 0.2) is 48.5 Å². The molecule has 0 spiro atoms. The third kappa shape index (κ3) is 4.34. The largest absolute Gasteiger partial charge is 0.299 e. The van der Waals surface area contributed by atoms with Crippen LogP contribution in [0.3, 0.4) is 0 Å². The van der Waals surface area contributed by atoms with Crippen LogP contribution in [0, 0.1) is 5.92 Å². The first-order valence-electron chi connectivity index (χ1n) is 10.3. The second-order valence-electron chi connectivity index (χ2n) is 7.80. The summed E-state index contributed by atoms with van der Waals surface area (Å²) in [5, 5.41) is 10.6. The highest BCUT2D eigenvalue weighted by Crippen LogP contribution is 2.27. The van der Waals surface area contributed by atoms with E-state index in [4.69, 9.17) is 0 Å². The van der Waals surface area contributed by atoms with Gasteiger partial charge >= 0.3 is 0 Å².